The van der Waals surface area contributed by atoms with E-state index in [4.69, 9.17) is 27.9 Å². The molecular formula is C29H42O9Si. The summed E-state index contributed by atoms with van der Waals surface area (Å²) in [5, 5.41) is 10.1. The van der Waals surface area contributed by atoms with Crippen LogP contribution in [-0.4, -0.2) is 62.6 Å². The molecule has 10 heteroatoms. The molecule has 0 spiro atoms. The highest BCUT2D eigenvalue weighted by molar-refractivity contribution is 6.77. The maximum Gasteiger partial charge on any atom is 0.344 e. The van der Waals surface area contributed by atoms with Crippen molar-refractivity contribution in [1.82, 2.24) is 0 Å². The van der Waals surface area contributed by atoms with Gasteiger partial charge in [0.1, 0.15) is 35.4 Å². The standard InChI is InChI=1S/C29H42O9Si/c1-14(2)39(15(3)4,16(5)6)38-22-12-20-19(22)13-24(37-32)29-26(36-29)23(35-28(29)31)10-17(7)9-18-11-21(25(20)34-18)27(30)33-8/h9,11,14-16,19-20,22-24,26,32H,10,12-13H2,1-8H3/b17-9-/t19-,20+,22+,23+,24-,26+,29+/m1/s1. The first-order valence-electron chi connectivity index (χ1n) is 14.2. The van der Waals surface area contributed by atoms with Crippen LogP contribution in [-0.2, 0) is 28.3 Å². The molecule has 1 saturated carbocycles. The summed E-state index contributed by atoms with van der Waals surface area (Å²) in [5.74, 6) is -0.254. The number of furan rings is 1. The number of epoxide rings is 1. The molecule has 4 heterocycles. The van der Waals surface area contributed by atoms with E-state index < -0.39 is 44.2 Å². The molecule has 0 aromatic carbocycles. The van der Waals surface area contributed by atoms with Gasteiger partial charge >= 0.3 is 11.9 Å². The van der Waals surface area contributed by atoms with Crippen molar-refractivity contribution in [2.45, 2.75) is 120 Å². The molecule has 216 valence electrons. The fourth-order valence-electron chi connectivity index (χ4n) is 7.81. The summed E-state index contributed by atoms with van der Waals surface area (Å²) >= 11 is 0. The average molecular weight is 563 g/mol. The third-order valence-corrected chi connectivity index (χ3v) is 15.8. The summed E-state index contributed by atoms with van der Waals surface area (Å²) in [4.78, 5) is 30.9. The maximum absolute atomic E-state index is 13.1. The Morgan fingerprint density at radius 1 is 1.13 bits per heavy atom. The highest BCUT2D eigenvalue weighted by atomic mass is 28.4. The predicted octanol–water partition coefficient (Wildman–Crippen LogP) is 5.85. The Bertz CT molecular complexity index is 1130. The van der Waals surface area contributed by atoms with Gasteiger partial charge < -0.3 is 23.1 Å². The number of ether oxygens (including phenoxy) is 3. The molecule has 0 unspecified atom stereocenters. The van der Waals surface area contributed by atoms with Gasteiger partial charge in [-0.15, -0.1) is 0 Å². The van der Waals surface area contributed by atoms with Crippen molar-refractivity contribution in [2.75, 3.05) is 7.11 Å². The number of hydrogen-bond donors (Lipinski definition) is 1. The van der Waals surface area contributed by atoms with Gasteiger partial charge in [-0.1, -0.05) is 47.1 Å². The fourth-order valence-corrected chi connectivity index (χ4v) is 13.4. The first-order chi connectivity index (χ1) is 18.4. The molecule has 39 heavy (non-hydrogen) atoms. The maximum atomic E-state index is 13.1. The number of methoxy groups -OCH3 is 1. The predicted molar refractivity (Wildman–Crippen MR) is 145 cm³/mol. The number of esters is 2. The van der Waals surface area contributed by atoms with E-state index in [1.165, 1.54) is 7.11 Å². The van der Waals surface area contributed by atoms with Gasteiger partial charge in [-0.2, -0.15) is 0 Å². The third kappa shape index (κ3) is 4.34. The summed E-state index contributed by atoms with van der Waals surface area (Å²) in [6.45, 7) is 15.4. The van der Waals surface area contributed by atoms with Crippen LogP contribution < -0.4 is 0 Å². The first kappa shape index (κ1) is 28.5. The third-order valence-electron chi connectivity index (χ3n) is 9.67. The second-order valence-corrected chi connectivity index (χ2v) is 18.1. The highest BCUT2D eigenvalue weighted by Crippen LogP contribution is 2.58. The van der Waals surface area contributed by atoms with Crippen LogP contribution in [0.3, 0.4) is 0 Å². The molecule has 3 aliphatic heterocycles. The number of rotatable bonds is 7. The Labute approximate surface area is 231 Å². The van der Waals surface area contributed by atoms with Crippen molar-refractivity contribution in [3.63, 3.8) is 0 Å². The molecule has 1 aromatic rings. The van der Waals surface area contributed by atoms with E-state index >= 15 is 0 Å². The molecule has 1 aromatic heterocycles. The zero-order chi connectivity index (χ0) is 28.4. The van der Waals surface area contributed by atoms with Gasteiger partial charge in [0, 0.05) is 18.4 Å². The van der Waals surface area contributed by atoms with E-state index in [2.05, 4.69) is 41.5 Å². The second kappa shape index (κ2) is 10.1. The largest absolute Gasteiger partial charge is 0.465 e. The second-order valence-electron chi connectivity index (χ2n) is 12.7. The lowest BCUT2D eigenvalue weighted by Crippen LogP contribution is -2.56. The molecule has 4 aliphatic rings. The van der Waals surface area contributed by atoms with E-state index in [1.807, 2.05) is 13.0 Å². The first-order valence-corrected chi connectivity index (χ1v) is 16.3. The number of fused-ring (bicyclic) bond motifs is 4. The lowest BCUT2D eigenvalue weighted by Gasteiger charge is -2.52. The van der Waals surface area contributed by atoms with E-state index in [9.17, 15) is 14.8 Å². The van der Waals surface area contributed by atoms with E-state index in [-0.39, 0.29) is 24.4 Å². The normalized spacial score (nSPS) is 35.2. The molecule has 1 N–H and O–H groups in total. The number of carbonyl (C=O) groups is 2. The van der Waals surface area contributed by atoms with Gasteiger partial charge in [-0.05, 0) is 54.4 Å². The zero-order valence-electron chi connectivity index (χ0n) is 24.2. The number of hydrogen-bond acceptors (Lipinski definition) is 9. The smallest absolute Gasteiger partial charge is 0.344 e. The average Bonchev–Trinajstić information content (AvgIpc) is 3.39. The van der Waals surface area contributed by atoms with Crippen LogP contribution in [0.2, 0.25) is 16.6 Å². The van der Waals surface area contributed by atoms with Crippen molar-refractivity contribution in [1.29, 1.82) is 0 Å². The van der Waals surface area contributed by atoms with Crippen LogP contribution >= 0.6 is 0 Å². The van der Waals surface area contributed by atoms with Crippen LogP contribution in [0, 0.1) is 5.92 Å². The molecule has 4 bridgehead atoms. The minimum atomic E-state index is -2.26. The summed E-state index contributed by atoms with van der Waals surface area (Å²) in [6, 6.07) is 1.72. The Morgan fingerprint density at radius 3 is 2.36 bits per heavy atom. The minimum Gasteiger partial charge on any atom is -0.465 e. The van der Waals surface area contributed by atoms with Gasteiger partial charge in [0.25, 0.3) is 0 Å². The van der Waals surface area contributed by atoms with Crippen molar-refractivity contribution in [3.8, 4) is 0 Å². The van der Waals surface area contributed by atoms with Gasteiger partial charge in [0.15, 0.2) is 0 Å². The van der Waals surface area contributed by atoms with Crippen molar-refractivity contribution >= 4 is 26.3 Å². The lowest BCUT2D eigenvalue weighted by molar-refractivity contribution is -0.297. The molecule has 1 aliphatic carbocycles. The molecule has 0 radical (unpaired) electrons. The molecule has 0 amide bonds. The highest BCUT2D eigenvalue weighted by Gasteiger charge is 2.77. The Hall–Kier alpha value is -1.98. The van der Waals surface area contributed by atoms with Crippen molar-refractivity contribution < 1.29 is 42.8 Å². The summed E-state index contributed by atoms with van der Waals surface area (Å²) in [6.07, 6.45) is 1.15. The summed E-state index contributed by atoms with van der Waals surface area (Å²) < 4.78 is 30.3. The fraction of sp³-hybridized carbons (Fsp3) is 0.724. The summed E-state index contributed by atoms with van der Waals surface area (Å²) in [5.41, 5.74) is 1.10. The molecule has 7 atom stereocenters. The molecule has 5 rings (SSSR count). The quantitative estimate of drug-likeness (QED) is 0.144. The summed E-state index contributed by atoms with van der Waals surface area (Å²) in [7, 11) is -0.902. The molecular weight excluding hydrogens is 520 g/mol. The Kier molecular flexibility index (Phi) is 7.42. The Balaban J connectivity index is 1.58. The molecule has 3 fully saturated rings. The topological polar surface area (TPSA) is 117 Å². The van der Waals surface area contributed by atoms with Crippen LogP contribution in [0.4, 0.5) is 0 Å². The van der Waals surface area contributed by atoms with Crippen LogP contribution in [0.25, 0.3) is 6.08 Å². The molecule has 9 nitrogen and oxygen atoms in total. The molecule has 2 saturated heterocycles. The monoisotopic (exact) mass is 562 g/mol. The van der Waals surface area contributed by atoms with Gasteiger partial charge in [-0.3, -0.25) is 5.26 Å². The van der Waals surface area contributed by atoms with Crippen LogP contribution in [0.5, 0.6) is 0 Å². The van der Waals surface area contributed by atoms with E-state index in [1.54, 1.807) is 6.07 Å². The minimum absolute atomic E-state index is 0.158. The van der Waals surface area contributed by atoms with Crippen molar-refractivity contribution in [2.24, 2.45) is 5.92 Å². The Morgan fingerprint density at radius 2 is 1.79 bits per heavy atom. The zero-order valence-corrected chi connectivity index (χ0v) is 25.2. The van der Waals surface area contributed by atoms with Gasteiger partial charge in [-0.25, -0.2) is 14.5 Å². The number of carbonyl (C=O) groups excluding carboxylic acids is 2. The van der Waals surface area contributed by atoms with Crippen LogP contribution in [0.1, 0.15) is 95.5 Å². The van der Waals surface area contributed by atoms with Crippen molar-refractivity contribution in [3.05, 3.63) is 28.7 Å². The van der Waals surface area contributed by atoms with E-state index in [0.29, 0.717) is 46.5 Å². The lowest BCUT2D eigenvalue weighted by atomic mass is 9.65. The SMILES string of the molecule is COC(=O)c1cc2oc1[C@H]1C[C@H](O[Si](C(C)C)(C(C)C)C(C)C)[C@@H]1C[C@@H](OO)[C@]13O[C@H]1[C@H](C/C(C)=C\2)OC3=O. The van der Waals surface area contributed by atoms with Crippen LogP contribution in [0.15, 0.2) is 16.1 Å². The van der Waals surface area contributed by atoms with Gasteiger partial charge in [0.05, 0.1) is 7.11 Å². The van der Waals surface area contributed by atoms with E-state index in [0.717, 1.165) is 5.57 Å². The van der Waals surface area contributed by atoms with Gasteiger partial charge in [0.2, 0.25) is 13.9 Å².